The van der Waals surface area contributed by atoms with Gasteiger partial charge in [0.25, 0.3) is 0 Å². The van der Waals surface area contributed by atoms with Crippen molar-refractivity contribution in [1.82, 2.24) is 10.2 Å². The standard InChI is InChI=1S/C13H19N3O2/c1-10-11(17)15-7-8-16(10)12(18)13(9-14)5-3-2-4-6-13/h10H,2-8H2,1H3,(H,15,17). The van der Waals surface area contributed by atoms with Crippen LogP contribution in [-0.2, 0) is 9.59 Å². The normalized spacial score (nSPS) is 27.2. The van der Waals surface area contributed by atoms with Crippen molar-refractivity contribution in [1.29, 1.82) is 5.26 Å². The molecule has 98 valence electrons. The smallest absolute Gasteiger partial charge is 0.243 e. The van der Waals surface area contributed by atoms with Crippen LogP contribution in [0.5, 0.6) is 0 Å². The topological polar surface area (TPSA) is 73.2 Å². The van der Waals surface area contributed by atoms with Gasteiger partial charge in [-0.2, -0.15) is 5.26 Å². The van der Waals surface area contributed by atoms with Crippen molar-refractivity contribution in [3.63, 3.8) is 0 Å². The summed E-state index contributed by atoms with van der Waals surface area (Å²) in [5.41, 5.74) is -0.885. The van der Waals surface area contributed by atoms with E-state index in [4.69, 9.17) is 0 Å². The Morgan fingerprint density at radius 1 is 1.44 bits per heavy atom. The molecule has 18 heavy (non-hydrogen) atoms. The molecule has 2 fully saturated rings. The molecule has 5 nitrogen and oxygen atoms in total. The predicted octanol–water partition coefficient (Wildman–Crippen LogP) is 0.807. The molecule has 1 heterocycles. The molecule has 1 unspecified atom stereocenters. The van der Waals surface area contributed by atoms with E-state index in [2.05, 4.69) is 11.4 Å². The second-order valence-corrected chi connectivity index (χ2v) is 5.22. The van der Waals surface area contributed by atoms with E-state index < -0.39 is 11.5 Å². The van der Waals surface area contributed by atoms with E-state index in [0.717, 1.165) is 19.3 Å². The minimum absolute atomic E-state index is 0.126. The molecule has 0 spiro atoms. The lowest BCUT2D eigenvalue weighted by molar-refractivity contribution is -0.149. The zero-order valence-electron chi connectivity index (χ0n) is 10.7. The van der Waals surface area contributed by atoms with Crippen LogP contribution < -0.4 is 5.32 Å². The van der Waals surface area contributed by atoms with Gasteiger partial charge in [0, 0.05) is 13.1 Å². The van der Waals surface area contributed by atoms with Gasteiger partial charge in [0.1, 0.15) is 11.5 Å². The third-order valence-electron chi connectivity index (χ3n) is 4.09. The molecule has 5 heteroatoms. The first-order chi connectivity index (χ1) is 8.60. The number of rotatable bonds is 1. The molecule has 1 saturated heterocycles. The summed E-state index contributed by atoms with van der Waals surface area (Å²) in [4.78, 5) is 25.8. The van der Waals surface area contributed by atoms with Crippen LogP contribution in [0.1, 0.15) is 39.0 Å². The van der Waals surface area contributed by atoms with Gasteiger partial charge in [-0.05, 0) is 19.8 Å². The number of nitrogens with zero attached hydrogens (tertiary/aromatic N) is 2. The molecular formula is C13H19N3O2. The fourth-order valence-corrected chi connectivity index (χ4v) is 2.86. The van der Waals surface area contributed by atoms with Crippen molar-refractivity contribution in [2.24, 2.45) is 5.41 Å². The molecular weight excluding hydrogens is 230 g/mol. The third-order valence-corrected chi connectivity index (χ3v) is 4.09. The van der Waals surface area contributed by atoms with Crippen molar-refractivity contribution in [3.8, 4) is 6.07 Å². The van der Waals surface area contributed by atoms with Gasteiger partial charge in [0.05, 0.1) is 6.07 Å². The zero-order chi connectivity index (χ0) is 13.2. The van der Waals surface area contributed by atoms with Crippen molar-refractivity contribution in [2.45, 2.75) is 45.1 Å². The van der Waals surface area contributed by atoms with E-state index in [-0.39, 0.29) is 11.8 Å². The first kappa shape index (κ1) is 12.9. The van der Waals surface area contributed by atoms with Crippen LogP contribution >= 0.6 is 0 Å². The number of nitriles is 1. The van der Waals surface area contributed by atoms with Gasteiger partial charge in [-0.1, -0.05) is 19.3 Å². The average Bonchev–Trinajstić information content (AvgIpc) is 2.42. The molecule has 1 atom stereocenters. The quantitative estimate of drug-likeness (QED) is 0.747. The van der Waals surface area contributed by atoms with Crippen LogP contribution in [-0.4, -0.2) is 35.8 Å². The Kier molecular flexibility index (Phi) is 3.55. The van der Waals surface area contributed by atoms with Crippen LogP contribution in [0.3, 0.4) is 0 Å². The molecule has 1 N–H and O–H groups in total. The Hall–Kier alpha value is -1.57. The monoisotopic (exact) mass is 249 g/mol. The van der Waals surface area contributed by atoms with Gasteiger partial charge in [-0.3, -0.25) is 9.59 Å². The number of carbonyl (C=O) groups excluding carboxylic acids is 2. The van der Waals surface area contributed by atoms with Gasteiger partial charge in [-0.15, -0.1) is 0 Å². The lowest BCUT2D eigenvalue weighted by atomic mass is 9.74. The minimum atomic E-state index is -0.885. The summed E-state index contributed by atoms with van der Waals surface area (Å²) in [5.74, 6) is -0.273. The Morgan fingerprint density at radius 3 is 2.72 bits per heavy atom. The first-order valence-corrected chi connectivity index (χ1v) is 6.61. The molecule has 1 saturated carbocycles. The van der Waals surface area contributed by atoms with E-state index in [0.29, 0.717) is 25.9 Å². The van der Waals surface area contributed by atoms with Crippen molar-refractivity contribution in [3.05, 3.63) is 0 Å². The Morgan fingerprint density at radius 2 is 2.11 bits per heavy atom. The Labute approximate surface area is 107 Å². The number of hydrogen-bond donors (Lipinski definition) is 1. The maximum atomic E-state index is 12.6. The average molecular weight is 249 g/mol. The van der Waals surface area contributed by atoms with Crippen molar-refractivity contribution >= 4 is 11.8 Å². The van der Waals surface area contributed by atoms with Gasteiger partial charge in [-0.25, -0.2) is 0 Å². The predicted molar refractivity (Wildman–Crippen MR) is 65.3 cm³/mol. The second-order valence-electron chi connectivity index (χ2n) is 5.22. The maximum Gasteiger partial charge on any atom is 0.243 e. The summed E-state index contributed by atoms with van der Waals surface area (Å²) in [5, 5.41) is 12.1. The summed E-state index contributed by atoms with van der Waals surface area (Å²) in [6.07, 6.45) is 4.20. The number of carbonyl (C=O) groups is 2. The maximum absolute atomic E-state index is 12.6. The molecule has 0 radical (unpaired) electrons. The summed E-state index contributed by atoms with van der Waals surface area (Å²) in [6, 6.07) is 1.77. The fraction of sp³-hybridized carbons (Fsp3) is 0.769. The molecule has 2 amide bonds. The molecule has 0 aromatic heterocycles. The SMILES string of the molecule is CC1C(=O)NCCN1C(=O)C1(C#N)CCCCC1. The second kappa shape index (κ2) is 4.97. The molecule has 2 rings (SSSR count). The van der Waals surface area contributed by atoms with E-state index in [9.17, 15) is 14.9 Å². The lowest BCUT2D eigenvalue weighted by Crippen LogP contribution is -2.59. The highest BCUT2D eigenvalue weighted by Crippen LogP contribution is 2.38. The van der Waals surface area contributed by atoms with Crippen molar-refractivity contribution in [2.75, 3.05) is 13.1 Å². The Bertz CT molecular complexity index is 394. The van der Waals surface area contributed by atoms with Crippen LogP contribution in [0.25, 0.3) is 0 Å². The minimum Gasteiger partial charge on any atom is -0.353 e. The van der Waals surface area contributed by atoms with Crippen LogP contribution in [0.4, 0.5) is 0 Å². The summed E-state index contributed by atoms with van der Waals surface area (Å²) in [7, 11) is 0. The molecule has 0 aromatic carbocycles. The van der Waals surface area contributed by atoms with Gasteiger partial charge < -0.3 is 10.2 Å². The fourth-order valence-electron chi connectivity index (χ4n) is 2.86. The number of nitrogens with one attached hydrogen (secondary N) is 1. The Balaban J connectivity index is 2.18. The van der Waals surface area contributed by atoms with Gasteiger partial charge in [0.15, 0.2) is 0 Å². The highest BCUT2D eigenvalue weighted by Gasteiger charge is 2.45. The summed E-state index contributed by atoms with van der Waals surface area (Å²) in [6.45, 7) is 2.71. The number of hydrogen-bond acceptors (Lipinski definition) is 3. The molecule has 2 aliphatic rings. The van der Waals surface area contributed by atoms with E-state index in [1.165, 1.54) is 0 Å². The number of piperazine rings is 1. The highest BCUT2D eigenvalue weighted by molar-refractivity contribution is 5.92. The van der Waals surface area contributed by atoms with E-state index in [1.807, 2.05) is 0 Å². The summed E-state index contributed by atoms with van der Waals surface area (Å²) >= 11 is 0. The largest absolute Gasteiger partial charge is 0.353 e. The zero-order valence-corrected chi connectivity index (χ0v) is 10.7. The molecule has 1 aliphatic heterocycles. The van der Waals surface area contributed by atoms with Crippen LogP contribution in [0, 0.1) is 16.7 Å². The van der Waals surface area contributed by atoms with Crippen molar-refractivity contribution < 1.29 is 9.59 Å². The first-order valence-electron chi connectivity index (χ1n) is 6.61. The molecule has 1 aliphatic carbocycles. The summed E-state index contributed by atoms with van der Waals surface area (Å²) < 4.78 is 0. The van der Waals surface area contributed by atoms with Crippen LogP contribution in [0.15, 0.2) is 0 Å². The van der Waals surface area contributed by atoms with Gasteiger partial charge in [0.2, 0.25) is 11.8 Å². The highest BCUT2D eigenvalue weighted by atomic mass is 16.2. The van der Waals surface area contributed by atoms with E-state index >= 15 is 0 Å². The third kappa shape index (κ3) is 2.07. The number of amides is 2. The van der Waals surface area contributed by atoms with Gasteiger partial charge >= 0.3 is 0 Å². The van der Waals surface area contributed by atoms with Crippen LogP contribution in [0.2, 0.25) is 0 Å². The molecule has 0 bridgehead atoms. The molecule has 0 aromatic rings. The lowest BCUT2D eigenvalue weighted by Gasteiger charge is -2.39. The van der Waals surface area contributed by atoms with E-state index in [1.54, 1.807) is 11.8 Å².